The Hall–Kier alpha value is -1.36. The molecule has 0 saturated carbocycles. The van der Waals surface area contributed by atoms with Gasteiger partial charge in [0, 0.05) is 25.9 Å². The average Bonchev–Trinajstić information content (AvgIpc) is 2.18. The SMILES string of the molecule is CNc1nccc(OCCN(C)C)n1. The molecule has 5 nitrogen and oxygen atoms in total. The molecule has 0 amide bonds. The lowest BCUT2D eigenvalue weighted by Gasteiger charge is -2.10. The number of aromatic nitrogens is 2. The van der Waals surface area contributed by atoms with Crippen LogP contribution in [0.5, 0.6) is 5.88 Å². The second-order valence-corrected chi connectivity index (χ2v) is 3.12. The van der Waals surface area contributed by atoms with Crippen LogP contribution in [-0.2, 0) is 0 Å². The highest BCUT2D eigenvalue weighted by Gasteiger charge is 1.98. The molecule has 5 heteroatoms. The Bertz CT molecular complexity index is 277. The standard InChI is InChI=1S/C9H16N4O/c1-10-9-11-5-4-8(12-9)14-7-6-13(2)3/h4-5H,6-7H2,1-3H3,(H,10,11,12). The minimum absolute atomic E-state index is 0.576. The van der Waals surface area contributed by atoms with E-state index in [-0.39, 0.29) is 0 Å². The largest absolute Gasteiger partial charge is 0.476 e. The maximum Gasteiger partial charge on any atom is 0.225 e. The molecular formula is C9H16N4O. The van der Waals surface area contributed by atoms with Crippen molar-refractivity contribution in [1.29, 1.82) is 0 Å². The molecule has 0 saturated heterocycles. The summed E-state index contributed by atoms with van der Waals surface area (Å²) in [7, 11) is 5.78. The highest BCUT2D eigenvalue weighted by Crippen LogP contribution is 2.07. The summed E-state index contributed by atoms with van der Waals surface area (Å²) in [5.74, 6) is 1.18. The smallest absolute Gasteiger partial charge is 0.225 e. The summed E-state index contributed by atoms with van der Waals surface area (Å²) < 4.78 is 5.43. The van der Waals surface area contributed by atoms with Crippen LogP contribution >= 0.6 is 0 Å². The Morgan fingerprint density at radius 2 is 2.29 bits per heavy atom. The Morgan fingerprint density at radius 3 is 2.93 bits per heavy atom. The molecular weight excluding hydrogens is 180 g/mol. The van der Waals surface area contributed by atoms with Gasteiger partial charge >= 0.3 is 0 Å². The second-order valence-electron chi connectivity index (χ2n) is 3.12. The van der Waals surface area contributed by atoms with E-state index >= 15 is 0 Å². The molecule has 1 N–H and O–H groups in total. The molecule has 0 atom stereocenters. The number of nitrogens with one attached hydrogen (secondary N) is 1. The highest BCUT2D eigenvalue weighted by molar-refractivity contribution is 5.25. The van der Waals surface area contributed by atoms with Gasteiger partial charge in [0.2, 0.25) is 11.8 Å². The highest BCUT2D eigenvalue weighted by atomic mass is 16.5. The van der Waals surface area contributed by atoms with E-state index in [1.165, 1.54) is 0 Å². The van der Waals surface area contributed by atoms with Crippen LogP contribution in [-0.4, -0.2) is 49.2 Å². The van der Waals surface area contributed by atoms with Crippen LogP contribution in [0.4, 0.5) is 5.95 Å². The van der Waals surface area contributed by atoms with Crippen molar-refractivity contribution in [1.82, 2.24) is 14.9 Å². The molecule has 0 fully saturated rings. The number of nitrogens with zero attached hydrogens (tertiary/aromatic N) is 3. The van der Waals surface area contributed by atoms with E-state index in [2.05, 4.69) is 20.2 Å². The zero-order valence-electron chi connectivity index (χ0n) is 8.82. The van der Waals surface area contributed by atoms with Crippen LogP contribution in [0.2, 0.25) is 0 Å². The van der Waals surface area contributed by atoms with Crippen molar-refractivity contribution < 1.29 is 4.74 Å². The molecule has 1 aromatic rings. The average molecular weight is 196 g/mol. The van der Waals surface area contributed by atoms with Crippen molar-refractivity contribution in [3.05, 3.63) is 12.3 Å². The van der Waals surface area contributed by atoms with Gasteiger partial charge in [-0.3, -0.25) is 0 Å². The van der Waals surface area contributed by atoms with Crippen LogP contribution < -0.4 is 10.1 Å². The third-order valence-electron chi connectivity index (χ3n) is 1.64. The number of rotatable bonds is 5. The van der Waals surface area contributed by atoms with E-state index in [1.807, 2.05) is 14.1 Å². The molecule has 0 spiro atoms. The normalized spacial score (nSPS) is 10.3. The fourth-order valence-corrected chi connectivity index (χ4v) is 0.876. The first kappa shape index (κ1) is 10.7. The lowest BCUT2D eigenvalue weighted by atomic mass is 10.6. The fraction of sp³-hybridized carbons (Fsp3) is 0.556. The molecule has 0 radical (unpaired) electrons. The number of ether oxygens (including phenoxy) is 1. The van der Waals surface area contributed by atoms with E-state index in [1.54, 1.807) is 19.3 Å². The quantitative estimate of drug-likeness (QED) is 0.741. The summed E-state index contributed by atoms with van der Waals surface area (Å²) >= 11 is 0. The fourth-order valence-electron chi connectivity index (χ4n) is 0.876. The molecule has 0 bridgehead atoms. The summed E-state index contributed by atoms with van der Waals surface area (Å²) in [5, 5.41) is 2.85. The minimum Gasteiger partial charge on any atom is -0.476 e. The Morgan fingerprint density at radius 1 is 1.50 bits per heavy atom. The zero-order chi connectivity index (χ0) is 10.4. The first-order valence-corrected chi connectivity index (χ1v) is 4.50. The van der Waals surface area contributed by atoms with Gasteiger partial charge in [0.05, 0.1) is 0 Å². The molecule has 1 aromatic heterocycles. The number of hydrogen-bond acceptors (Lipinski definition) is 5. The number of hydrogen-bond donors (Lipinski definition) is 1. The van der Waals surface area contributed by atoms with E-state index in [4.69, 9.17) is 4.74 Å². The van der Waals surface area contributed by atoms with Gasteiger partial charge in [-0.1, -0.05) is 0 Å². The molecule has 0 aliphatic heterocycles. The maximum atomic E-state index is 5.43. The maximum absolute atomic E-state index is 5.43. The monoisotopic (exact) mass is 196 g/mol. The molecule has 14 heavy (non-hydrogen) atoms. The van der Waals surface area contributed by atoms with Gasteiger partial charge in [0.1, 0.15) is 6.61 Å². The molecule has 0 aromatic carbocycles. The van der Waals surface area contributed by atoms with Crippen molar-refractivity contribution in [3.63, 3.8) is 0 Å². The Labute approximate surface area is 84.1 Å². The first-order chi connectivity index (χ1) is 6.72. The molecule has 1 rings (SSSR count). The van der Waals surface area contributed by atoms with Crippen molar-refractivity contribution in [3.8, 4) is 5.88 Å². The van der Waals surface area contributed by atoms with Crippen LogP contribution in [0.1, 0.15) is 0 Å². The van der Waals surface area contributed by atoms with E-state index in [0.717, 1.165) is 6.54 Å². The molecule has 1 heterocycles. The van der Waals surface area contributed by atoms with Gasteiger partial charge in [0.15, 0.2) is 0 Å². The molecule has 78 valence electrons. The Balaban J connectivity index is 2.42. The predicted molar refractivity (Wildman–Crippen MR) is 55.6 cm³/mol. The van der Waals surface area contributed by atoms with Crippen LogP contribution in [0.3, 0.4) is 0 Å². The van der Waals surface area contributed by atoms with Gasteiger partial charge in [-0.2, -0.15) is 4.98 Å². The van der Waals surface area contributed by atoms with E-state index < -0.39 is 0 Å². The van der Waals surface area contributed by atoms with Crippen molar-refractivity contribution in [2.75, 3.05) is 39.6 Å². The summed E-state index contributed by atoms with van der Waals surface area (Å²) in [6.07, 6.45) is 1.67. The lowest BCUT2D eigenvalue weighted by molar-refractivity contribution is 0.254. The number of likely N-dealkylation sites (N-methyl/N-ethyl adjacent to an activating group) is 1. The van der Waals surface area contributed by atoms with Gasteiger partial charge in [-0.15, -0.1) is 0 Å². The van der Waals surface area contributed by atoms with Crippen molar-refractivity contribution in [2.45, 2.75) is 0 Å². The summed E-state index contributed by atoms with van der Waals surface area (Å²) in [4.78, 5) is 10.2. The van der Waals surface area contributed by atoms with Crippen LogP contribution in [0.25, 0.3) is 0 Å². The van der Waals surface area contributed by atoms with Gasteiger partial charge in [-0.25, -0.2) is 4.98 Å². The predicted octanol–water partition coefficient (Wildman–Crippen LogP) is 0.459. The van der Waals surface area contributed by atoms with Gasteiger partial charge < -0.3 is 15.0 Å². The van der Waals surface area contributed by atoms with Crippen molar-refractivity contribution >= 4 is 5.95 Å². The lowest BCUT2D eigenvalue weighted by Crippen LogP contribution is -2.19. The van der Waals surface area contributed by atoms with Crippen LogP contribution in [0.15, 0.2) is 12.3 Å². The number of anilines is 1. The second kappa shape index (κ2) is 5.39. The summed E-state index contributed by atoms with van der Waals surface area (Å²) in [6, 6.07) is 1.75. The van der Waals surface area contributed by atoms with Gasteiger partial charge in [0.25, 0.3) is 0 Å². The third-order valence-corrected chi connectivity index (χ3v) is 1.64. The van der Waals surface area contributed by atoms with Crippen LogP contribution in [0, 0.1) is 0 Å². The summed E-state index contributed by atoms with van der Waals surface area (Å²) in [6.45, 7) is 1.51. The van der Waals surface area contributed by atoms with Crippen molar-refractivity contribution in [2.24, 2.45) is 0 Å². The Kier molecular flexibility index (Phi) is 4.12. The summed E-state index contributed by atoms with van der Waals surface area (Å²) in [5.41, 5.74) is 0. The molecule has 0 aliphatic carbocycles. The third kappa shape index (κ3) is 3.57. The van der Waals surface area contributed by atoms with E-state index in [0.29, 0.717) is 18.4 Å². The van der Waals surface area contributed by atoms with E-state index in [9.17, 15) is 0 Å². The van der Waals surface area contributed by atoms with Gasteiger partial charge in [-0.05, 0) is 14.1 Å². The molecule has 0 aliphatic rings. The molecule has 0 unspecified atom stereocenters. The topological polar surface area (TPSA) is 50.3 Å². The minimum atomic E-state index is 0.576. The zero-order valence-corrected chi connectivity index (χ0v) is 8.82. The first-order valence-electron chi connectivity index (χ1n) is 4.50.